The molecule has 23 heavy (non-hydrogen) atoms. The molecule has 2 aromatic heterocycles. The number of carbonyl (C=O) groups is 1. The Labute approximate surface area is 145 Å². The van der Waals surface area contributed by atoms with Crippen LogP contribution in [0.4, 0.5) is 16.8 Å². The van der Waals surface area contributed by atoms with Crippen LogP contribution in [-0.2, 0) is 0 Å². The van der Waals surface area contributed by atoms with E-state index in [1.54, 1.807) is 23.8 Å². The van der Waals surface area contributed by atoms with Crippen LogP contribution in [0.3, 0.4) is 0 Å². The minimum atomic E-state index is -0.259. The molecule has 3 aromatic rings. The van der Waals surface area contributed by atoms with Gasteiger partial charge in [-0.3, -0.25) is 4.79 Å². The second-order valence-electron chi connectivity index (χ2n) is 4.65. The molecule has 0 radical (unpaired) electrons. The molecule has 0 aliphatic carbocycles. The first-order valence-corrected chi connectivity index (χ1v) is 8.36. The van der Waals surface area contributed by atoms with Crippen molar-refractivity contribution in [3.63, 3.8) is 0 Å². The average molecular weight is 390 g/mol. The minimum Gasteiger partial charge on any atom is -0.321 e. The second kappa shape index (κ2) is 6.84. The van der Waals surface area contributed by atoms with E-state index in [0.29, 0.717) is 16.8 Å². The first-order chi connectivity index (χ1) is 11.1. The molecule has 2 heterocycles. The van der Waals surface area contributed by atoms with Gasteiger partial charge in [0.25, 0.3) is 5.91 Å². The lowest BCUT2D eigenvalue weighted by Gasteiger charge is -2.05. The maximum Gasteiger partial charge on any atom is 0.275 e. The lowest BCUT2D eigenvalue weighted by atomic mass is 10.2. The highest BCUT2D eigenvalue weighted by molar-refractivity contribution is 9.10. The Hall–Kier alpha value is -2.32. The van der Waals surface area contributed by atoms with E-state index in [1.807, 2.05) is 25.1 Å². The summed E-state index contributed by atoms with van der Waals surface area (Å²) in [6, 6.07) is 7.35. The molecule has 0 aliphatic heterocycles. The third-order valence-electron chi connectivity index (χ3n) is 2.94. The Morgan fingerprint density at radius 2 is 2.04 bits per heavy atom. The van der Waals surface area contributed by atoms with Gasteiger partial charge in [0.15, 0.2) is 5.13 Å². The van der Waals surface area contributed by atoms with Crippen LogP contribution in [0.5, 0.6) is 0 Å². The summed E-state index contributed by atoms with van der Waals surface area (Å²) in [5.74, 6) is 0.183. The zero-order chi connectivity index (χ0) is 16.2. The van der Waals surface area contributed by atoms with Crippen LogP contribution in [-0.4, -0.2) is 20.9 Å². The number of amides is 1. The van der Waals surface area contributed by atoms with E-state index in [-0.39, 0.29) is 5.91 Å². The number of halogens is 1. The van der Waals surface area contributed by atoms with Gasteiger partial charge in [-0.05, 0) is 36.8 Å². The Morgan fingerprint density at radius 1 is 1.26 bits per heavy atom. The first-order valence-electron chi connectivity index (χ1n) is 6.69. The maximum absolute atomic E-state index is 12.2. The standard InChI is InChI=1S/C15H12BrN5OS/c1-9-7-10(3-4-11(9)16)19-13(22)12-8-23-15(20-12)21-14-17-5-2-6-18-14/h2-8H,1H3,(H,19,22)(H,17,18,20,21). The summed E-state index contributed by atoms with van der Waals surface area (Å²) in [6.45, 7) is 1.96. The van der Waals surface area contributed by atoms with Crippen molar-refractivity contribution in [1.82, 2.24) is 15.0 Å². The number of hydrogen-bond acceptors (Lipinski definition) is 6. The summed E-state index contributed by atoms with van der Waals surface area (Å²) in [5, 5.41) is 8.04. The number of rotatable bonds is 4. The molecule has 0 fully saturated rings. The Kier molecular flexibility index (Phi) is 4.63. The van der Waals surface area contributed by atoms with Gasteiger partial charge in [-0.1, -0.05) is 15.9 Å². The molecule has 0 saturated heterocycles. The number of aryl methyl sites for hydroxylation is 1. The number of benzene rings is 1. The molecule has 0 bridgehead atoms. The average Bonchev–Trinajstić information content (AvgIpc) is 3.00. The SMILES string of the molecule is Cc1cc(NC(=O)c2csc(Nc3ncccn3)n2)ccc1Br. The van der Waals surface area contributed by atoms with E-state index in [9.17, 15) is 4.79 Å². The van der Waals surface area contributed by atoms with Crippen molar-refractivity contribution >= 4 is 49.9 Å². The fraction of sp³-hybridized carbons (Fsp3) is 0.0667. The molecule has 1 aromatic carbocycles. The lowest BCUT2D eigenvalue weighted by Crippen LogP contribution is -2.12. The fourth-order valence-corrected chi connectivity index (χ4v) is 2.74. The van der Waals surface area contributed by atoms with Crippen molar-refractivity contribution in [1.29, 1.82) is 0 Å². The summed E-state index contributed by atoms with van der Waals surface area (Å²) in [6.07, 6.45) is 3.26. The second-order valence-corrected chi connectivity index (χ2v) is 6.37. The van der Waals surface area contributed by atoms with E-state index in [0.717, 1.165) is 15.7 Å². The van der Waals surface area contributed by atoms with Crippen molar-refractivity contribution in [3.8, 4) is 0 Å². The van der Waals surface area contributed by atoms with Crippen LogP contribution in [0.2, 0.25) is 0 Å². The number of nitrogens with zero attached hydrogens (tertiary/aromatic N) is 3. The van der Waals surface area contributed by atoms with Gasteiger partial charge in [-0.15, -0.1) is 11.3 Å². The molecule has 1 amide bonds. The first kappa shape index (κ1) is 15.6. The molecule has 0 atom stereocenters. The van der Waals surface area contributed by atoms with Gasteiger partial charge in [-0.2, -0.15) is 0 Å². The van der Waals surface area contributed by atoms with Gasteiger partial charge in [0.1, 0.15) is 5.69 Å². The number of carbonyl (C=O) groups excluding carboxylic acids is 1. The van der Waals surface area contributed by atoms with Gasteiger partial charge >= 0.3 is 0 Å². The van der Waals surface area contributed by atoms with Crippen LogP contribution in [0, 0.1) is 6.92 Å². The highest BCUT2D eigenvalue weighted by Gasteiger charge is 2.12. The molecule has 3 rings (SSSR count). The van der Waals surface area contributed by atoms with E-state index < -0.39 is 0 Å². The van der Waals surface area contributed by atoms with Crippen LogP contribution >= 0.6 is 27.3 Å². The van der Waals surface area contributed by atoms with Crippen LogP contribution in [0.25, 0.3) is 0 Å². The normalized spacial score (nSPS) is 10.3. The quantitative estimate of drug-likeness (QED) is 0.704. The van der Waals surface area contributed by atoms with E-state index >= 15 is 0 Å². The van der Waals surface area contributed by atoms with Crippen LogP contribution in [0.1, 0.15) is 16.1 Å². The third-order valence-corrected chi connectivity index (χ3v) is 4.58. The number of aromatic nitrogens is 3. The largest absolute Gasteiger partial charge is 0.321 e. The topological polar surface area (TPSA) is 79.8 Å². The monoisotopic (exact) mass is 389 g/mol. The summed E-state index contributed by atoms with van der Waals surface area (Å²) in [7, 11) is 0. The zero-order valence-corrected chi connectivity index (χ0v) is 14.5. The zero-order valence-electron chi connectivity index (χ0n) is 12.1. The van der Waals surface area contributed by atoms with Crippen molar-refractivity contribution < 1.29 is 4.79 Å². The van der Waals surface area contributed by atoms with Gasteiger partial charge in [0, 0.05) is 27.9 Å². The fourth-order valence-electron chi connectivity index (χ4n) is 1.81. The number of thiazole rings is 1. The molecule has 0 aliphatic rings. The van der Waals surface area contributed by atoms with Crippen molar-refractivity contribution in [2.45, 2.75) is 6.92 Å². The smallest absolute Gasteiger partial charge is 0.275 e. The molecule has 8 heteroatoms. The van der Waals surface area contributed by atoms with Gasteiger partial charge < -0.3 is 10.6 Å². The predicted octanol–water partition coefficient (Wildman–Crippen LogP) is 4.00. The summed E-state index contributed by atoms with van der Waals surface area (Å²) >= 11 is 4.75. The van der Waals surface area contributed by atoms with E-state index in [2.05, 4.69) is 41.5 Å². The van der Waals surface area contributed by atoms with Gasteiger partial charge in [0.05, 0.1) is 0 Å². The van der Waals surface area contributed by atoms with E-state index in [1.165, 1.54) is 11.3 Å². The molecular weight excluding hydrogens is 378 g/mol. The highest BCUT2D eigenvalue weighted by atomic mass is 79.9. The number of hydrogen-bond donors (Lipinski definition) is 2. The maximum atomic E-state index is 12.2. The molecule has 0 saturated carbocycles. The Morgan fingerprint density at radius 3 is 2.78 bits per heavy atom. The molecule has 0 unspecified atom stereocenters. The van der Waals surface area contributed by atoms with Crippen LogP contribution in [0.15, 0.2) is 46.5 Å². The van der Waals surface area contributed by atoms with Crippen molar-refractivity contribution in [3.05, 3.63) is 57.8 Å². The van der Waals surface area contributed by atoms with Crippen LogP contribution < -0.4 is 10.6 Å². The number of anilines is 3. The Bertz CT molecular complexity index is 837. The number of nitrogens with one attached hydrogen (secondary N) is 2. The van der Waals surface area contributed by atoms with Gasteiger partial charge in [0.2, 0.25) is 5.95 Å². The van der Waals surface area contributed by atoms with Crippen molar-refractivity contribution in [2.24, 2.45) is 0 Å². The Balaban J connectivity index is 1.69. The summed E-state index contributed by atoms with van der Waals surface area (Å²) < 4.78 is 0.999. The lowest BCUT2D eigenvalue weighted by molar-refractivity contribution is 0.102. The highest BCUT2D eigenvalue weighted by Crippen LogP contribution is 2.22. The molecular formula is C15H12BrN5OS. The molecule has 6 nitrogen and oxygen atoms in total. The molecule has 116 valence electrons. The minimum absolute atomic E-state index is 0.259. The van der Waals surface area contributed by atoms with Crippen molar-refractivity contribution in [2.75, 3.05) is 10.6 Å². The predicted molar refractivity (Wildman–Crippen MR) is 94.3 cm³/mol. The van der Waals surface area contributed by atoms with E-state index in [4.69, 9.17) is 0 Å². The summed E-state index contributed by atoms with van der Waals surface area (Å²) in [5.41, 5.74) is 2.11. The van der Waals surface area contributed by atoms with Gasteiger partial charge in [-0.25, -0.2) is 15.0 Å². The molecule has 0 spiro atoms. The third kappa shape index (κ3) is 3.91. The molecule has 2 N–H and O–H groups in total. The summed E-state index contributed by atoms with van der Waals surface area (Å²) in [4.78, 5) is 24.6.